The highest BCUT2D eigenvalue weighted by atomic mass is 16.1. The molecule has 3 N–H and O–H groups in total. The minimum Gasteiger partial charge on any atom is -0.306 e. The van der Waals surface area contributed by atoms with Crippen LogP contribution < -0.4 is 16.2 Å². The molecule has 0 aromatic heterocycles. The summed E-state index contributed by atoms with van der Waals surface area (Å²) in [5.41, 5.74) is 6.21. The van der Waals surface area contributed by atoms with E-state index >= 15 is 0 Å². The second kappa shape index (κ2) is 2.55. The van der Waals surface area contributed by atoms with Crippen molar-refractivity contribution in [2.45, 2.75) is 19.0 Å². The van der Waals surface area contributed by atoms with E-state index in [-0.39, 0.29) is 11.8 Å². The van der Waals surface area contributed by atoms with Gasteiger partial charge in [-0.15, -0.1) is 0 Å². The van der Waals surface area contributed by atoms with Crippen LogP contribution in [-0.2, 0) is 4.79 Å². The van der Waals surface area contributed by atoms with Gasteiger partial charge in [0, 0.05) is 25.0 Å². The van der Waals surface area contributed by atoms with Gasteiger partial charge in [0.25, 0.3) is 0 Å². The molecule has 0 aromatic carbocycles. The molecule has 2 aliphatic rings. The van der Waals surface area contributed by atoms with Gasteiger partial charge in [-0.05, 0) is 6.92 Å². The fourth-order valence-corrected chi connectivity index (χ4v) is 1.96. The molecule has 3 unspecified atom stereocenters. The summed E-state index contributed by atoms with van der Waals surface area (Å²) in [7, 11) is 0. The first kappa shape index (κ1) is 7.21. The molecular weight excluding hydrogens is 142 g/mol. The van der Waals surface area contributed by atoms with Crippen molar-refractivity contribution in [2.75, 3.05) is 13.1 Å². The molecule has 11 heavy (non-hydrogen) atoms. The lowest BCUT2D eigenvalue weighted by Crippen LogP contribution is -2.37. The van der Waals surface area contributed by atoms with Crippen LogP contribution >= 0.6 is 0 Å². The highest BCUT2D eigenvalue weighted by Crippen LogP contribution is 2.18. The molecule has 0 spiro atoms. The molecule has 0 bridgehead atoms. The van der Waals surface area contributed by atoms with Gasteiger partial charge in [-0.2, -0.15) is 0 Å². The average Bonchev–Trinajstić information content (AvgIpc) is 2.41. The SMILES string of the molecule is CC(=O)C1NCC2NNCC21. The van der Waals surface area contributed by atoms with Crippen molar-refractivity contribution < 1.29 is 4.79 Å². The fraction of sp³-hybridized carbons (Fsp3) is 0.857. The lowest BCUT2D eigenvalue weighted by Gasteiger charge is -2.12. The first-order valence-electron chi connectivity index (χ1n) is 4.01. The zero-order chi connectivity index (χ0) is 7.84. The molecule has 4 heteroatoms. The van der Waals surface area contributed by atoms with Gasteiger partial charge in [-0.3, -0.25) is 15.6 Å². The van der Waals surface area contributed by atoms with Crippen LogP contribution in [0.4, 0.5) is 0 Å². The zero-order valence-electron chi connectivity index (χ0n) is 6.55. The van der Waals surface area contributed by atoms with E-state index in [1.807, 2.05) is 0 Å². The van der Waals surface area contributed by atoms with Crippen LogP contribution in [0.1, 0.15) is 6.92 Å². The number of carbonyl (C=O) groups is 1. The molecule has 0 aromatic rings. The molecule has 0 aliphatic carbocycles. The van der Waals surface area contributed by atoms with E-state index in [0.717, 1.165) is 13.1 Å². The first-order valence-corrected chi connectivity index (χ1v) is 4.01. The largest absolute Gasteiger partial charge is 0.306 e. The van der Waals surface area contributed by atoms with Gasteiger partial charge in [-0.25, -0.2) is 0 Å². The summed E-state index contributed by atoms with van der Waals surface area (Å²) < 4.78 is 0. The number of Topliss-reactive ketones (excluding diaryl/α,β-unsaturated/α-hetero) is 1. The summed E-state index contributed by atoms with van der Waals surface area (Å²) in [4.78, 5) is 11.1. The third kappa shape index (κ3) is 1.07. The lowest BCUT2D eigenvalue weighted by atomic mass is 9.96. The van der Waals surface area contributed by atoms with Gasteiger partial charge in [-0.1, -0.05) is 0 Å². The summed E-state index contributed by atoms with van der Waals surface area (Å²) in [6.07, 6.45) is 0. The molecule has 2 rings (SSSR count). The van der Waals surface area contributed by atoms with Crippen LogP contribution in [0.5, 0.6) is 0 Å². The minimum atomic E-state index is 0.0718. The van der Waals surface area contributed by atoms with Crippen molar-refractivity contribution in [1.29, 1.82) is 0 Å². The topological polar surface area (TPSA) is 53.2 Å². The Labute approximate surface area is 65.7 Å². The number of hydrogen-bond acceptors (Lipinski definition) is 4. The Morgan fingerprint density at radius 3 is 3.00 bits per heavy atom. The maximum absolute atomic E-state index is 11.1. The third-order valence-corrected chi connectivity index (χ3v) is 2.57. The van der Waals surface area contributed by atoms with Crippen LogP contribution in [0.15, 0.2) is 0 Å². The molecule has 0 radical (unpaired) electrons. The monoisotopic (exact) mass is 155 g/mol. The van der Waals surface area contributed by atoms with Gasteiger partial charge in [0.2, 0.25) is 0 Å². The molecule has 0 saturated carbocycles. The Hall–Kier alpha value is -0.450. The Balaban J connectivity index is 2.08. The van der Waals surface area contributed by atoms with Crippen molar-refractivity contribution in [3.63, 3.8) is 0 Å². The van der Waals surface area contributed by atoms with E-state index in [0.29, 0.717) is 12.0 Å². The number of nitrogens with one attached hydrogen (secondary N) is 3. The molecule has 62 valence electrons. The van der Waals surface area contributed by atoms with Gasteiger partial charge >= 0.3 is 0 Å². The molecule has 2 saturated heterocycles. The Bertz CT molecular complexity index is 183. The summed E-state index contributed by atoms with van der Waals surface area (Å²) in [5.74, 6) is 0.704. The van der Waals surface area contributed by atoms with E-state index in [9.17, 15) is 4.79 Å². The minimum absolute atomic E-state index is 0.0718. The van der Waals surface area contributed by atoms with E-state index in [4.69, 9.17) is 0 Å². The lowest BCUT2D eigenvalue weighted by molar-refractivity contribution is -0.119. The molecule has 2 aliphatic heterocycles. The first-order chi connectivity index (χ1) is 5.29. The van der Waals surface area contributed by atoms with Crippen LogP contribution in [0.25, 0.3) is 0 Å². The van der Waals surface area contributed by atoms with Crippen molar-refractivity contribution in [1.82, 2.24) is 16.2 Å². The van der Waals surface area contributed by atoms with Gasteiger partial charge in [0.15, 0.2) is 0 Å². The number of ketones is 1. The summed E-state index contributed by atoms with van der Waals surface area (Å²) in [6.45, 7) is 3.46. The number of hydrogen-bond donors (Lipinski definition) is 3. The van der Waals surface area contributed by atoms with Crippen LogP contribution in [0.3, 0.4) is 0 Å². The molecule has 2 fully saturated rings. The Kier molecular flexibility index (Phi) is 1.67. The van der Waals surface area contributed by atoms with Gasteiger partial charge in [0.1, 0.15) is 5.78 Å². The van der Waals surface area contributed by atoms with Crippen LogP contribution in [0, 0.1) is 5.92 Å². The van der Waals surface area contributed by atoms with Gasteiger partial charge < -0.3 is 5.32 Å². The zero-order valence-corrected chi connectivity index (χ0v) is 6.55. The second-order valence-electron chi connectivity index (χ2n) is 3.29. The fourth-order valence-electron chi connectivity index (χ4n) is 1.96. The van der Waals surface area contributed by atoms with Crippen LogP contribution in [0.2, 0.25) is 0 Å². The van der Waals surface area contributed by atoms with Crippen molar-refractivity contribution >= 4 is 5.78 Å². The van der Waals surface area contributed by atoms with E-state index < -0.39 is 0 Å². The highest BCUT2D eigenvalue weighted by molar-refractivity contribution is 5.82. The van der Waals surface area contributed by atoms with Gasteiger partial charge in [0.05, 0.1) is 6.04 Å². The molecule has 4 nitrogen and oxygen atoms in total. The Morgan fingerprint density at radius 1 is 1.45 bits per heavy atom. The smallest absolute Gasteiger partial charge is 0.147 e. The summed E-state index contributed by atoms with van der Waals surface area (Å²) in [5, 5.41) is 3.21. The average molecular weight is 155 g/mol. The quantitative estimate of drug-likeness (QED) is 0.438. The number of fused-ring (bicyclic) bond motifs is 1. The summed E-state index contributed by atoms with van der Waals surface area (Å²) >= 11 is 0. The maximum Gasteiger partial charge on any atom is 0.147 e. The normalized spacial score (nSPS) is 42.5. The number of hydrazine groups is 1. The second-order valence-corrected chi connectivity index (χ2v) is 3.29. The maximum atomic E-state index is 11.1. The van der Waals surface area contributed by atoms with Crippen molar-refractivity contribution in [3.05, 3.63) is 0 Å². The highest BCUT2D eigenvalue weighted by Gasteiger charge is 2.40. The van der Waals surface area contributed by atoms with Crippen molar-refractivity contribution in [2.24, 2.45) is 5.92 Å². The third-order valence-electron chi connectivity index (χ3n) is 2.57. The molecule has 3 atom stereocenters. The Morgan fingerprint density at radius 2 is 2.27 bits per heavy atom. The predicted octanol–water partition coefficient (Wildman–Crippen LogP) is -1.36. The standard InChI is InChI=1S/C7H13N3O/c1-4(11)7-5-2-9-10-6(5)3-8-7/h5-10H,2-3H2,1H3. The molecule has 2 heterocycles. The van der Waals surface area contributed by atoms with Crippen LogP contribution in [-0.4, -0.2) is 31.0 Å². The number of rotatable bonds is 1. The molecular formula is C7H13N3O. The number of carbonyl (C=O) groups excluding carboxylic acids is 1. The van der Waals surface area contributed by atoms with E-state index in [2.05, 4.69) is 16.2 Å². The predicted molar refractivity (Wildman–Crippen MR) is 40.9 cm³/mol. The van der Waals surface area contributed by atoms with Crippen molar-refractivity contribution in [3.8, 4) is 0 Å². The van der Waals surface area contributed by atoms with E-state index in [1.54, 1.807) is 6.92 Å². The van der Waals surface area contributed by atoms with E-state index in [1.165, 1.54) is 0 Å². The molecule has 0 amide bonds. The summed E-state index contributed by atoms with van der Waals surface area (Å²) in [6, 6.07) is 0.520.